The summed E-state index contributed by atoms with van der Waals surface area (Å²) in [6, 6.07) is 9.34. The topological polar surface area (TPSA) is 109 Å². The molecule has 0 bridgehead atoms. The number of aryl methyl sites for hydroxylation is 1. The van der Waals surface area contributed by atoms with Crippen molar-refractivity contribution in [2.75, 3.05) is 5.32 Å². The summed E-state index contributed by atoms with van der Waals surface area (Å²) in [5, 5.41) is 22.5. The number of pyridine rings is 1. The number of anilines is 1. The molecule has 0 atom stereocenters. The van der Waals surface area contributed by atoms with Gasteiger partial charge in [-0.2, -0.15) is 5.26 Å². The first kappa shape index (κ1) is 15.9. The van der Waals surface area contributed by atoms with Gasteiger partial charge in [-0.25, -0.2) is 0 Å². The van der Waals surface area contributed by atoms with Crippen LogP contribution < -0.4 is 5.32 Å². The van der Waals surface area contributed by atoms with Crippen LogP contribution in [0.25, 0.3) is 6.08 Å². The Labute approximate surface area is 132 Å². The Morgan fingerprint density at radius 3 is 2.83 bits per heavy atom. The summed E-state index contributed by atoms with van der Waals surface area (Å²) in [5.74, 6) is -0.639. The van der Waals surface area contributed by atoms with Crippen molar-refractivity contribution < 1.29 is 9.72 Å². The summed E-state index contributed by atoms with van der Waals surface area (Å²) in [4.78, 5) is 26.3. The van der Waals surface area contributed by atoms with Crippen molar-refractivity contribution in [3.8, 4) is 6.07 Å². The van der Waals surface area contributed by atoms with Gasteiger partial charge in [0.15, 0.2) is 0 Å². The van der Waals surface area contributed by atoms with Crippen molar-refractivity contribution in [1.82, 2.24) is 4.98 Å². The lowest BCUT2D eigenvalue weighted by Crippen LogP contribution is -2.14. The van der Waals surface area contributed by atoms with Crippen LogP contribution in [0.2, 0.25) is 0 Å². The third kappa shape index (κ3) is 3.98. The average molecular weight is 308 g/mol. The first-order valence-electron chi connectivity index (χ1n) is 6.59. The van der Waals surface area contributed by atoms with Crippen molar-refractivity contribution in [2.24, 2.45) is 0 Å². The number of hydrogen-bond acceptors (Lipinski definition) is 5. The molecule has 0 radical (unpaired) electrons. The fraction of sp³-hybridized carbons (Fsp3) is 0.0625. The van der Waals surface area contributed by atoms with Crippen molar-refractivity contribution in [3.05, 3.63) is 69.5 Å². The second-order valence-electron chi connectivity index (χ2n) is 4.67. The fourth-order valence-electron chi connectivity index (χ4n) is 1.82. The molecule has 7 nitrogen and oxygen atoms in total. The summed E-state index contributed by atoms with van der Waals surface area (Å²) in [6.45, 7) is 1.70. The van der Waals surface area contributed by atoms with Crippen molar-refractivity contribution in [1.29, 1.82) is 5.26 Å². The first-order chi connectivity index (χ1) is 11.0. The monoisotopic (exact) mass is 308 g/mol. The maximum atomic E-state index is 12.2. The second-order valence-corrected chi connectivity index (χ2v) is 4.67. The van der Waals surface area contributed by atoms with Crippen LogP contribution in [0, 0.1) is 28.4 Å². The normalized spacial score (nSPS) is 10.7. The Morgan fingerprint density at radius 1 is 1.43 bits per heavy atom. The van der Waals surface area contributed by atoms with E-state index in [-0.39, 0.29) is 16.9 Å². The molecule has 2 rings (SSSR count). The minimum Gasteiger partial charge on any atom is -0.321 e. The molecule has 1 N–H and O–H groups in total. The molecule has 0 aliphatic heterocycles. The Kier molecular flexibility index (Phi) is 4.79. The van der Waals surface area contributed by atoms with Crippen LogP contribution in [0.5, 0.6) is 0 Å². The molecule has 1 aromatic heterocycles. The zero-order valence-electron chi connectivity index (χ0n) is 12.2. The molecule has 0 saturated carbocycles. The van der Waals surface area contributed by atoms with Gasteiger partial charge >= 0.3 is 0 Å². The van der Waals surface area contributed by atoms with E-state index in [9.17, 15) is 14.9 Å². The van der Waals surface area contributed by atoms with Gasteiger partial charge in [-0.3, -0.25) is 19.9 Å². The zero-order chi connectivity index (χ0) is 16.8. The number of rotatable bonds is 4. The molecule has 1 amide bonds. The van der Waals surface area contributed by atoms with Gasteiger partial charge < -0.3 is 5.32 Å². The molecule has 1 heterocycles. The zero-order valence-corrected chi connectivity index (χ0v) is 12.2. The molecule has 2 aromatic rings. The highest BCUT2D eigenvalue weighted by atomic mass is 16.6. The second kappa shape index (κ2) is 6.95. The summed E-state index contributed by atoms with van der Waals surface area (Å²) < 4.78 is 0. The number of nitro benzene ring substituents is 1. The van der Waals surface area contributed by atoms with Gasteiger partial charge in [0.1, 0.15) is 11.6 Å². The number of benzene rings is 1. The van der Waals surface area contributed by atoms with E-state index in [0.29, 0.717) is 11.1 Å². The highest BCUT2D eigenvalue weighted by molar-refractivity contribution is 6.10. The van der Waals surface area contributed by atoms with Crippen LogP contribution in [-0.2, 0) is 4.79 Å². The minimum atomic E-state index is -0.639. The van der Waals surface area contributed by atoms with Gasteiger partial charge in [0, 0.05) is 24.5 Å². The standard InChI is InChI=1S/C16H12N4O3/c1-11-4-5-14(20(22)23)8-15(11)19-16(21)13(9-17)7-12-3-2-6-18-10-12/h2-8,10H,1H3,(H,19,21). The van der Waals surface area contributed by atoms with Gasteiger partial charge in [-0.1, -0.05) is 12.1 Å². The van der Waals surface area contributed by atoms with E-state index in [2.05, 4.69) is 10.3 Å². The van der Waals surface area contributed by atoms with Crippen LogP contribution in [0.1, 0.15) is 11.1 Å². The molecule has 0 aliphatic carbocycles. The molecule has 114 valence electrons. The maximum Gasteiger partial charge on any atom is 0.271 e. The summed E-state index contributed by atoms with van der Waals surface area (Å²) in [7, 11) is 0. The Morgan fingerprint density at radius 2 is 2.22 bits per heavy atom. The van der Waals surface area contributed by atoms with Crippen molar-refractivity contribution in [3.63, 3.8) is 0 Å². The van der Waals surface area contributed by atoms with E-state index < -0.39 is 10.8 Å². The highest BCUT2D eigenvalue weighted by Gasteiger charge is 2.14. The number of carbonyl (C=O) groups excluding carboxylic acids is 1. The van der Waals surface area contributed by atoms with E-state index in [0.717, 1.165) is 0 Å². The Balaban J connectivity index is 2.27. The first-order valence-corrected chi connectivity index (χ1v) is 6.59. The quantitative estimate of drug-likeness (QED) is 0.404. The number of nitro groups is 1. The average Bonchev–Trinajstić information content (AvgIpc) is 2.55. The minimum absolute atomic E-state index is 0.121. The van der Waals surface area contributed by atoms with Gasteiger partial charge in [-0.05, 0) is 30.2 Å². The predicted molar refractivity (Wildman–Crippen MR) is 84.3 cm³/mol. The molecule has 0 saturated heterocycles. The third-order valence-corrected chi connectivity index (χ3v) is 3.04. The lowest BCUT2D eigenvalue weighted by atomic mass is 10.1. The van der Waals surface area contributed by atoms with E-state index in [1.807, 2.05) is 6.07 Å². The number of aromatic nitrogens is 1. The predicted octanol–water partition coefficient (Wildman–Crippen LogP) is 2.84. The SMILES string of the molecule is Cc1ccc([N+](=O)[O-])cc1NC(=O)C(C#N)=Cc1cccnc1. The molecule has 0 spiro atoms. The molecular weight excluding hydrogens is 296 g/mol. The summed E-state index contributed by atoms with van der Waals surface area (Å²) >= 11 is 0. The number of nitriles is 1. The third-order valence-electron chi connectivity index (χ3n) is 3.04. The summed E-state index contributed by atoms with van der Waals surface area (Å²) in [5.41, 5.74) is 1.29. The molecule has 1 aromatic carbocycles. The van der Waals surface area contributed by atoms with Gasteiger partial charge in [0.2, 0.25) is 0 Å². The smallest absolute Gasteiger partial charge is 0.271 e. The number of amides is 1. The van der Waals surface area contributed by atoms with Crippen LogP contribution in [-0.4, -0.2) is 15.8 Å². The largest absolute Gasteiger partial charge is 0.321 e. The Bertz CT molecular complexity index is 823. The van der Waals surface area contributed by atoms with E-state index in [4.69, 9.17) is 5.26 Å². The molecule has 23 heavy (non-hydrogen) atoms. The maximum absolute atomic E-state index is 12.2. The molecule has 7 heteroatoms. The number of hydrogen-bond donors (Lipinski definition) is 1. The lowest BCUT2D eigenvalue weighted by Gasteiger charge is -2.07. The number of carbonyl (C=O) groups is 1. The number of nitrogens with zero attached hydrogens (tertiary/aromatic N) is 3. The molecule has 0 unspecified atom stereocenters. The van der Waals surface area contributed by atoms with Gasteiger partial charge in [0.05, 0.1) is 10.6 Å². The van der Waals surface area contributed by atoms with Crippen LogP contribution in [0.4, 0.5) is 11.4 Å². The summed E-state index contributed by atoms with van der Waals surface area (Å²) in [6.07, 6.45) is 4.49. The molecule has 0 fully saturated rings. The highest BCUT2D eigenvalue weighted by Crippen LogP contribution is 2.22. The van der Waals surface area contributed by atoms with Gasteiger partial charge in [-0.15, -0.1) is 0 Å². The van der Waals surface area contributed by atoms with E-state index >= 15 is 0 Å². The number of nitrogens with one attached hydrogen (secondary N) is 1. The van der Waals surface area contributed by atoms with E-state index in [1.54, 1.807) is 25.3 Å². The van der Waals surface area contributed by atoms with Crippen molar-refractivity contribution in [2.45, 2.75) is 6.92 Å². The Hall–Kier alpha value is -3.53. The molecular formula is C16H12N4O3. The van der Waals surface area contributed by atoms with E-state index in [1.165, 1.54) is 30.5 Å². The molecule has 0 aliphatic rings. The number of non-ortho nitro benzene ring substituents is 1. The lowest BCUT2D eigenvalue weighted by molar-refractivity contribution is -0.384. The van der Waals surface area contributed by atoms with Crippen LogP contribution in [0.15, 0.2) is 48.3 Å². The fourth-order valence-corrected chi connectivity index (χ4v) is 1.82. The van der Waals surface area contributed by atoms with Crippen LogP contribution >= 0.6 is 0 Å². The van der Waals surface area contributed by atoms with Crippen molar-refractivity contribution >= 4 is 23.4 Å². The van der Waals surface area contributed by atoms with Crippen LogP contribution in [0.3, 0.4) is 0 Å². The van der Waals surface area contributed by atoms with Gasteiger partial charge in [0.25, 0.3) is 11.6 Å².